The second-order valence-corrected chi connectivity index (χ2v) is 5.72. The number of carbonyl (C=O) groups is 2. The molecular weight excluding hydrogens is 272 g/mol. The molecule has 5 heteroatoms. The fourth-order valence-corrected chi connectivity index (χ4v) is 3.00. The van der Waals surface area contributed by atoms with Crippen molar-refractivity contribution in [2.75, 3.05) is 5.32 Å². The standard InChI is InChI=1S/C15H14N2O2S/c18-14-8-12(11-5-1-2-6-13(11)17-14)15(19)16-9-10-4-3-7-20-10/h1-7,12H,8-9H2,(H,16,19)(H,17,18)/t12-/m0/s1. The zero-order chi connectivity index (χ0) is 13.9. The van der Waals surface area contributed by atoms with E-state index in [1.54, 1.807) is 11.3 Å². The van der Waals surface area contributed by atoms with Crippen molar-refractivity contribution in [2.24, 2.45) is 0 Å². The molecule has 2 heterocycles. The number of amides is 2. The third-order valence-corrected chi connectivity index (χ3v) is 4.21. The van der Waals surface area contributed by atoms with Crippen LogP contribution in [0.4, 0.5) is 5.69 Å². The predicted octanol–water partition coefficient (Wildman–Crippen LogP) is 2.49. The summed E-state index contributed by atoms with van der Waals surface area (Å²) in [6.45, 7) is 0.511. The minimum absolute atomic E-state index is 0.0966. The van der Waals surface area contributed by atoms with Crippen LogP contribution in [-0.2, 0) is 16.1 Å². The first-order valence-electron chi connectivity index (χ1n) is 6.43. The Morgan fingerprint density at radius 1 is 1.30 bits per heavy atom. The van der Waals surface area contributed by atoms with Crippen molar-refractivity contribution in [1.29, 1.82) is 0 Å². The second-order valence-electron chi connectivity index (χ2n) is 4.69. The number of nitrogens with one attached hydrogen (secondary N) is 2. The average molecular weight is 286 g/mol. The van der Waals surface area contributed by atoms with E-state index in [-0.39, 0.29) is 18.2 Å². The molecular formula is C15H14N2O2S. The molecule has 102 valence electrons. The lowest BCUT2D eigenvalue weighted by atomic mass is 9.90. The van der Waals surface area contributed by atoms with Gasteiger partial charge in [-0.15, -0.1) is 11.3 Å². The molecule has 0 radical (unpaired) electrons. The lowest BCUT2D eigenvalue weighted by Crippen LogP contribution is -2.34. The maximum absolute atomic E-state index is 12.3. The van der Waals surface area contributed by atoms with Gasteiger partial charge in [-0.1, -0.05) is 24.3 Å². The fourth-order valence-electron chi connectivity index (χ4n) is 2.36. The van der Waals surface area contributed by atoms with E-state index in [9.17, 15) is 9.59 Å². The van der Waals surface area contributed by atoms with E-state index < -0.39 is 5.92 Å². The van der Waals surface area contributed by atoms with Crippen molar-refractivity contribution in [3.63, 3.8) is 0 Å². The molecule has 0 saturated heterocycles. The molecule has 0 unspecified atom stereocenters. The Morgan fingerprint density at radius 3 is 2.95 bits per heavy atom. The molecule has 0 aliphatic carbocycles. The van der Waals surface area contributed by atoms with Gasteiger partial charge in [0, 0.05) is 17.0 Å². The van der Waals surface area contributed by atoms with Crippen LogP contribution in [0.3, 0.4) is 0 Å². The first-order chi connectivity index (χ1) is 9.74. The smallest absolute Gasteiger partial charge is 0.228 e. The molecule has 1 aliphatic rings. The Hall–Kier alpha value is -2.14. The Labute approximate surface area is 120 Å². The highest BCUT2D eigenvalue weighted by Gasteiger charge is 2.30. The number of rotatable bonds is 3. The van der Waals surface area contributed by atoms with E-state index in [2.05, 4.69) is 10.6 Å². The second kappa shape index (κ2) is 5.46. The highest BCUT2D eigenvalue weighted by atomic mass is 32.1. The van der Waals surface area contributed by atoms with Crippen molar-refractivity contribution in [2.45, 2.75) is 18.9 Å². The first kappa shape index (κ1) is 12.9. The van der Waals surface area contributed by atoms with E-state index in [0.29, 0.717) is 6.54 Å². The summed E-state index contributed by atoms with van der Waals surface area (Å²) in [4.78, 5) is 25.1. The van der Waals surface area contributed by atoms with E-state index in [1.807, 2.05) is 41.8 Å². The number of para-hydroxylation sites is 1. The summed E-state index contributed by atoms with van der Waals surface area (Å²) < 4.78 is 0. The van der Waals surface area contributed by atoms with Gasteiger partial charge in [-0.2, -0.15) is 0 Å². The predicted molar refractivity (Wildman–Crippen MR) is 78.6 cm³/mol. The Morgan fingerprint density at radius 2 is 2.15 bits per heavy atom. The van der Waals surface area contributed by atoms with Crippen LogP contribution >= 0.6 is 11.3 Å². The summed E-state index contributed by atoms with van der Waals surface area (Å²) in [6.07, 6.45) is 0.202. The van der Waals surface area contributed by atoms with E-state index in [4.69, 9.17) is 0 Å². The molecule has 2 N–H and O–H groups in total. The molecule has 0 saturated carbocycles. The molecule has 0 spiro atoms. The number of carbonyl (C=O) groups excluding carboxylic acids is 2. The lowest BCUT2D eigenvalue weighted by molar-refractivity contribution is -0.126. The van der Waals surface area contributed by atoms with Crippen LogP contribution in [0, 0.1) is 0 Å². The van der Waals surface area contributed by atoms with Crippen LogP contribution in [0.15, 0.2) is 41.8 Å². The number of hydrogen-bond acceptors (Lipinski definition) is 3. The van der Waals surface area contributed by atoms with Crippen LogP contribution in [-0.4, -0.2) is 11.8 Å². The summed E-state index contributed by atoms with van der Waals surface area (Å²) in [5.41, 5.74) is 1.62. The van der Waals surface area contributed by atoms with Gasteiger partial charge >= 0.3 is 0 Å². The van der Waals surface area contributed by atoms with Crippen LogP contribution in [0.5, 0.6) is 0 Å². The number of hydrogen-bond donors (Lipinski definition) is 2. The van der Waals surface area contributed by atoms with Gasteiger partial charge in [-0.3, -0.25) is 9.59 Å². The zero-order valence-electron chi connectivity index (χ0n) is 10.8. The van der Waals surface area contributed by atoms with Crippen LogP contribution in [0.2, 0.25) is 0 Å². The number of anilines is 1. The largest absolute Gasteiger partial charge is 0.351 e. The topological polar surface area (TPSA) is 58.2 Å². The monoisotopic (exact) mass is 286 g/mol. The van der Waals surface area contributed by atoms with Gasteiger partial charge in [-0.25, -0.2) is 0 Å². The summed E-state index contributed by atoms with van der Waals surface area (Å²) in [6, 6.07) is 11.4. The average Bonchev–Trinajstić information content (AvgIpc) is 2.97. The SMILES string of the molecule is O=C1C[C@H](C(=O)NCc2cccs2)c2ccccc2N1. The zero-order valence-corrected chi connectivity index (χ0v) is 11.6. The molecule has 1 atom stereocenters. The van der Waals surface area contributed by atoms with Gasteiger partial charge in [0.1, 0.15) is 0 Å². The summed E-state index contributed by atoms with van der Waals surface area (Å²) in [5.74, 6) is -0.611. The number of benzene rings is 1. The van der Waals surface area contributed by atoms with Crippen molar-refractivity contribution in [1.82, 2.24) is 5.32 Å². The third kappa shape index (κ3) is 2.58. The van der Waals surface area contributed by atoms with Crippen molar-refractivity contribution >= 4 is 28.8 Å². The maximum Gasteiger partial charge on any atom is 0.228 e. The molecule has 0 fully saturated rings. The summed E-state index contributed by atoms with van der Waals surface area (Å²) in [7, 11) is 0. The normalized spacial score (nSPS) is 17.2. The third-order valence-electron chi connectivity index (χ3n) is 3.33. The molecule has 2 amide bonds. The molecule has 0 bridgehead atoms. The van der Waals surface area contributed by atoms with Gasteiger partial charge in [0.05, 0.1) is 12.5 Å². The van der Waals surface area contributed by atoms with Crippen molar-refractivity contribution < 1.29 is 9.59 Å². The molecule has 4 nitrogen and oxygen atoms in total. The van der Waals surface area contributed by atoms with Crippen LogP contribution in [0.25, 0.3) is 0 Å². The Kier molecular flexibility index (Phi) is 3.52. The van der Waals surface area contributed by atoms with Gasteiger partial charge in [0.2, 0.25) is 11.8 Å². The van der Waals surface area contributed by atoms with Gasteiger partial charge in [0.25, 0.3) is 0 Å². The molecule has 1 aliphatic heterocycles. The summed E-state index contributed by atoms with van der Waals surface area (Å²) in [5, 5.41) is 7.68. The summed E-state index contributed by atoms with van der Waals surface area (Å²) >= 11 is 1.60. The number of thiophene rings is 1. The van der Waals surface area contributed by atoms with E-state index in [1.165, 1.54) is 0 Å². The van der Waals surface area contributed by atoms with Gasteiger partial charge in [0.15, 0.2) is 0 Å². The minimum atomic E-state index is -0.403. The highest BCUT2D eigenvalue weighted by molar-refractivity contribution is 7.09. The molecule has 1 aromatic carbocycles. The van der Waals surface area contributed by atoms with Gasteiger partial charge in [-0.05, 0) is 23.1 Å². The van der Waals surface area contributed by atoms with Crippen LogP contribution < -0.4 is 10.6 Å². The molecule has 2 aromatic rings. The molecule has 1 aromatic heterocycles. The van der Waals surface area contributed by atoms with Gasteiger partial charge < -0.3 is 10.6 Å². The fraction of sp³-hybridized carbons (Fsp3) is 0.200. The van der Waals surface area contributed by atoms with Crippen molar-refractivity contribution in [3.8, 4) is 0 Å². The quantitative estimate of drug-likeness (QED) is 0.910. The molecule has 20 heavy (non-hydrogen) atoms. The van der Waals surface area contributed by atoms with Crippen molar-refractivity contribution in [3.05, 3.63) is 52.2 Å². The Bertz CT molecular complexity index is 637. The van der Waals surface area contributed by atoms with Crippen LogP contribution in [0.1, 0.15) is 22.8 Å². The number of fused-ring (bicyclic) bond motifs is 1. The highest BCUT2D eigenvalue weighted by Crippen LogP contribution is 2.32. The molecule has 3 rings (SSSR count). The maximum atomic E-state index is 12.3. The lowest BCUT2D eigenvalue weighted by Gasteiger charge is -2.24. The van der Waals surface area contributed by atoms with E-state index >= 15 is 0 Å². The van der Waals surface area contributed by atoms with E-state index in [0.717, 1.165) is 16.1 Å². The first-order valence-corrected chi connectivity index (χ1v) is 7.31. The Balaban J connectivity index is 1.76. The minimum Gasteiger partial charge on any atom is -0.351 e.